The third-order valence-electron chi connectivity index (χ3n) is 3.45. The number of ether oxygens (including phenoxy) is 1. The molecule has 0 aliphatic carbocycles. The van der Waals surface area contributed by atoms with Crippen LogP contribution in [0.1, 0.15) is 31.7 Å². The Balaban J connectivity index is 1.71. The molecule has 18 heavy (non-hydrogen) atoms. The van der Waals surface area contributed by atoms with Gasteiger partial charge in [-0.3, -0.25) is 0 Å². The Hall–Kier alpha value is -1.06. The monoisotopic (exact) mass is 249 g/mol. The van der Waals surface area contributed by atoms with E-state index in [2.05, 4.69) is 12.2 Å². The first kappa shape index (κ1) is 13.4. The Morgan fingerprint density at radius 3 is 2.78 bits per heavy atom. The number of hydrogen-bond donors (Lipinski definition) is 2. The molecule has 0 saturated carbocycles. The summed E-state index contributed by atoms with van der Waals surface area (Å²) in [4.78, 5) is 0. The number of aromatic hydroxyl groups is 1. The highest BCUT2D eigenvalue weighted by Gasteiger charge is 2.14. The van der Waals surface area contributed by atoms with Crippen LogP contribution in [0.2, 0.25) is 0 Å². The number of benzene rings is 1. The van der Waals surface area contributed by atoms with E-state index in [1.54, 1.807) is 12.1 Å². The second-order valence-corrected chi connectivity index (χ2v) is 5.17. The Kier molecular flexibility index (Phi) is 5.02. The lowest BCUT2D eigenvalue weighted by Gasteiger charge is -2.24. The molecule has 0 spiro atoms. The first-order chi connectivity index (χ1) is 8.74. The summed E-state index contributed by atoms with van der Waals surface area (Å²) in [5.41, 5.74) is 1.25. The van der Waals surface area contributed by atoms with E-state index < -0.39 is 0 Å². The number of rotatable bonds is 5. The summed E-state index contributed by atoms with van der Waals surface area (Å²) in [6, 6.07) is 7.87. The summed E-state index contributed by atoms with van der Waals surface area (Å²) in [6.07, 6.45) is 5.05. The van der Waals surface area contributed by atoms with Crippen LogP contribution < -0.4 is 5.32 Å². The normalized spacial score (nSPS) is 21.7. The van der Waals surface area contributed by atoms with Crippen LogP contribution >= 0.6 is 0 Å². The first-order valence-electron chi connectivity index (χ1n) is 6.87. The molecule has 0 amide bonds. The predicted molar refractivity (Wildman–Crippen MR) is 72.9 cm³/mol. The summed E-state index contributed by atoms with van der Waals surface area (Å²) < 4.78 is 5.70. The van der Waals surface area contributed by atoms with Gasteiger partial charge in [0.2, 0.25) is 0 Å². The molecule has 1 fully saturated rings. The molecule has 0 radical (unpaired) electrons. The third kappa shape index (κ3) is 4.31. The van der Waals surface area contributed by atoms with Crippen molar-refractivity contribution in [3.63, 3.8) is 0 Å². The Morgan fingerprint density at radius 1 is 1.33 bits per heavy atom. The van der Waals surface area contributed by atoms with Gasteiger partial charge in [0, 0.05) is 19.2 Å². The van der Waals surface area contributed by atoms with Crippen molar-refractivity contribution < 1.29 is 9.84 Å². The summed E-state index contributed by atoms with van der Waals surface area (Å²) >= 11 is 0. The maximum Gasteiger partial charge on any atom is 0.115 e. The molecule has 2 unspecified atom stereocenters. The van der Waals surface area contributed by atoms with Gasteiger partial charge < -0.3 is 15.2 Å². The number of nitrogens with one attached hydrogen (secondary N) is 1. The lowest BCUT2D eigenvalue weighted by molar-refractivity contribution is 0.0156. The molecule has 1 aromatic carbocycles. The molecule has 1 saturated heterocycles. The van der Waals surface area contributed by atoms with Gasteiger partial charge in [-0.05, 0) is 50.3 Å². The molecule has 1 heterocycles. The van der Waals surface area contributed by atoms with E-state index in [9.17, 15) is 5.11 Å². The van der Waals surface area contributed by atoms with Crippen molar-refractivity contribution in [3.05, 3.63) is 29.8 Å². The minimum absolute atomic E-state index is 0.329. The zero-order valence-electron chi connectivity index (χ0n) is 11.1. The average Bonchev–Trinajstić information content (AvgIpc) is 2.40. The highest BCUT2D eigenvalue weighted by atomic mass is 16.5. The topological polar surface area (TPSA) is 41.5 Å². The van der Waals surface area contributed by atoms with Crippen LogP contribution in [0.5, 0.6) is 5.75 Å². The molecule has 1 aliphatic rings. The molecule has 2 rings (SSSR count). The van der Waals surface area contributed by atoms with Crippen LogP contribution in [0.3, 0.4) is 0 Å². The Morgan fingerprint density at radius 2 is 2.11 bits per heavy atom. The van der Waals surface area contributed by atoms with Crippen molar-refractivity contribution in [3.8, 4) is 5.75 Å². The van der Waals surface area contributed by atoms with E-state index in [4.69, 9.17) is 4.74 Å². The second-order valence-electron chi connectivity index (χ2n) is 5.17. The molecule has 3 nitrogen and oxygen atoms in total. The molecular weight excluding hydrogens is 226 g/mol. The van der Waals surface area contributed by atoms with Gasteiger partial charge in [-0.25, -0.2) is 0 Å². The predicted octanol–water partition coefficient (Wildman–Crippen LogP) is 2.48. The zero-order valence-corrected chi connectivity index (χ0v) is 11.1. The zero-order chi connectivity index (χ0) is 12.8. The lowest BCUT2D eigenvalue weighted by Crippen LogP contribution is -2.37. The molecule has 0 bridgehead atoms. The third-order valence-corrected chi connectivity index (χ3v) is 3.45. The van der Waals surface area contributed by atoms with Crippen molar-refractivity contribution in [1.29, 1.82) is 0 Å². The van der Waals surface area contributed by atoms with Gasteiger partial charge in [0.15, 0.2) is 0 Å². The van der Waals surface area contributed by atoms with Gasteiger partial charge in [-0.2, -0.15) is 0 Å². The molecule has 0 aromatic heterocycles. The van der Waals surface area contributed by atoms with Crippen LogP contribution in [0.25, 0.3) is 0 Å². The van der Waals surface area contributed by atoms with Gasteiger partial charge in [0.25, 0.3) is 0 Å². The smallest absolute Gasteiger partial charge is 0.115 e. The molecule has 1 aromatic rings. The van der Waals surface area contributed by atoms with Crippen LogP contribution in [0.15, 0.2) is 24.3 Å². The highest BCUT2D eigenvalue weighted by Crippen LogP contribution is 2.13. The highest BCUT2D eigenvalue weighted by molar-refractivity contribution is 5.26. The number of hydrogen-bond acceptors (Lipinski definition) is 3. The minimum Gasteiger partial charge on any atom is -0.508 e. The van der Waals surface area contributed by atoms with E-state index in [0.29, 0.717) is 17.9 Å². The fourth-order valence-corrected chi connectivity index (χ4v) is 2.36. The standard InChI is InChI=1S/C15H23NO2/c1-12(10-13-5-7-14(17)8-6-13)16-11-15-4-2-3-9-18-15/h5-8,12,15-17H,2-4,9-11H2,1H3. The van der Waals surface area contributed by atoms with Crippen molar-refractivity contribution in [2.75, 3.05) is 13.2 Å². The van der Waals surface area contributed by atoms with Crippen LogP contribution in [0, 0.1) is 0 Å². The van der Waals surface area contributed by atoms with Crippen LogP contribution in [-0.4, -0.2) is 30.4 Å². The van der Waals surface area contributed by atoms with Crippen molar-refractivity contribution in [2.45, 2.75) is 44.8 Å². The summed E-state index contributed by atoms with van der Waals surface area (Å²) in [7, 11) is 0. The maximum atomic E-state index is 9.23. The Labute approximate surface area is 109 Å². The van der Waals surface area contributed by atoms with Crippen molar-refractivity contribution >= 4 is 0 Å². The van der Waals surface area contributed by atoms with Crippen LogP contribution in [-0.2, 0) is 11.2 Å². The fraction of sp³-hybridized carbons (Fsp3) is 0.600. The number of phenolic OH excluding ortho intramolecular Hbond substituents is 1. The van der Waals surface area contributed by atoms with Gasteiger partial charge in [0.1, 0.15) is 5.75 Å². The number of phenols is 1. The Bertz CT molecular complexity index is 344. The van der Waals surface area contributed by atoms with E-state index in [-0.39, 0.29) is 0 Å². The molecule has 100 valence electrons. The lowest BCUT2D eigenvalue weighted by atomic mass is 10.1. The summed E-state index contributed by atoms with van der Waals surface area (Å²) in [5, 5.41) is 12.8. The van der Waals surface area contributed by atoms with Gasteiger partial charge in [-0.1, -0.05) is 12.1 Å². The molecule has 2 atom stereocenters. The fourth-order valence-electron chi connectivity index (χ4n) is 2.36. The average molecular weight is 249 g/mol. The summed E-state index contributed by atoms with van der Waals surface area (Å²) in [5.74, 6) is 0.329. The van der Waals surface area contributed by atoms with E-state index >= 15 is 0 Å². The SMILES string of the molecule is CC(Cc1ccc(O)cc1)NCC1CCCCO1. The van der Waals surface area contributed by atoms with E-state index in [1.165, 1.54) is 24.8 Å². The van der Waals surface area contributed by atoms with Crippen molar-refractivity contribution in [1.82, 2.24) is 5.32 Å². The molecule has 2 N–H and O–H groups in total. The van der Waals surface area contributed by atoms with Crippen molar-refractivity contribution in [2.24, 2.45) is 0 Å². The van der Waals surface area contributed by atoms with Crippen LogP contribution in [0.4, 0.5) is 0 Å². The van der Waals surface area contributed by atoms with Gasteiger partial charge >= 0.3 is 0 Å². The van der Waals surface area contributed by atoms with Gasteiger partial charge in [-0.15, -0.1) is 0 Å². The van der Waals surface area contributed by atoms with Gasteiger partial charge in [0.05, 0.1) is 6.10 Å². The molecular formula is C15H23NO2. The quantitative estimate of drug-likeness (QED) is 0.842. The van der Waals surface area contributed by atoms with E-state index in [0.717, 1.165) is 19.6 Å². The maximum absolute atomic E-state index is 9.23. The minimum atomic E-state index is 0.329. The van der Waals surface area contributed by atoms with E-state index in [1.807, 2.05) is 12.1 Å². The first-order valence-corrected chi connectivity index (χ1v) is 6.87. The molecule has 3 heteroatoms. The largest absolute Gasteiger partial charge is 0.508 e. The second kappa shape index (κ2) is 6.76. The summed E-state index contributed by atoms with van der Waals surface area (Å²) in [6.45, 7) is 4.05. The molecule has 1 aliphatic heterocycles.